The van der Waals surface area contributed by atoms with Gasteiger partial charge in [-0.15, -0.1) is 12.4 Å². The molecule has 0 spiro atoms. The van der Waals surface area contributed by atoms with Crippen molar-refractivity contribution in [1.82, 2.24) is 4.90 Å². The molecule has 0 saturated carbocycles. The second-order valence-corrected chi connectivity index (χ2v) is 7.36. The molecule has 1 atom stereocenters. The average Bonchev–Trinajstić information content (AvgIpc) is 2.72. The molecule has 0 bridgehead atoms. The van der Waals surface area contributed by atoms with E-state index in [2.05, 4.69) is 70.5 Å². The zero-order valence-electron chi connectivity index (χ0n) is 16.4. The van der Waals surface area contributed by atoms with Crippen LogP contribution in [0.5, 0.6) is 0 Å². The fraction of sp³-hybridized carbons (Fsp3) is 0.435. The van der Waals surface area contributed by atoms with Gasteiger partial charge < -0.3 is 14.9 Å². The van der Waals surface area contributed by atoms with Crippen molar-refractivity contribution in [2.24, 2.45) is 5.92 Å². The number of aliphatic carboxylic acids is 1. The first-order valence-corrected chi connectivity index (χ1v) is 10.1. The minimum Gasteiger partial charge on any atom is -0.481 e. The molecule has 0 unspecified atom stereocenters. The Morgan fingerprint density at radius 3 is 2.14 bits per heavy atom. The molecule has 1 heterocycles. The van der Waals surface area contributed by atoms with Gasteiger partial charge in [0, 0.05) is 24.5 Å². The van der Waals surface area contributed by atoms with Gasteiger partial charge in [0.1, 0.15) is 0 Å². The van der Waals surface area contributed by atoms with E-state index in [1.807, 2.05) is 0 Å². The van der Waals surface area contributed by atoms with Crippen LogP contribution in [0.4, 0.5) is 11.4 Å². The van der Waals surface area contributed by atoms with Crippen molar-refractivity contribution in [1.29, 1.82) is 0 Å². The number of rotatable bonds is 9. The van der Waals surface area contributed by atoms with E-state index in [9.17, 15) is 9.90 Å². The van der Waals surface area contributed by atoms with Gasteiger partial charge in [-0.2, -0.15) is 0 Å². The smallest absolute Gasteiger partial charge is 0.307 e. The van der Waals surface area contributed by atoms with Gasteiger partial charge >= 0.3 is 5.97 Å². The molecule has 2 aromatic carbocycles. The molecule has 0 aromatic heterocycles. The molecule has 5 heteroatoms. The number of carboxylic acids is 1. The van der Waals surface area contributed by atoms with E-state index in [4.69, 9.17) is 0 Å². The predicted octanol–water partition coefficient (Wildman–Crippen LogP) is 5.21. The van der Waals surface area contributed by atoms with Gasteiger partial charge in [0.05, 0.1) is 5.92 Å². The molecule has 1 fully saturated rings. The maximum atomic E-state index is 11.2. The number of carbonyl (C=O) groups is 1. The number of benzene rings is 2. The highest BCUT2D eigenvalue weighted by Crippen LogP contribution is 2.25. The minimum absolute atomic E-state index is 0. The number of nitrogens with zero attached hydrogens (tertiary/aromatic N) is 2. The predicted molar refractivity (Wildman–Crippen MR) is 118 cm³/mol. The van der Waals surface area contributed by atoms with Gasteiger partial charge in [0.2, 0.25) is 0 Å². The van der Waals surface area contributed by atoms with Crippen molar-refractivity contribution in [3.8, 4) is 0 Å². The Hall–Kier alpha value is -2.04. The summed E-state index contributed by atoms with van der Waals surface area (Å²) in [6.45, 7) is 3.77. The molecule has 1 saturated heterocycles. The monoisotopic (exact) mass is 402 g/mol. The summed E-state index contributed by atoms with van der Waals surface area (Å²) in [4.78, 5) is 15.9. The quantitative estimate of drug-likeness (QED) is 0.584. The van der Waals surface area contributed by atoms with Gasteiger partial charge in [-0.1, -0.05) is 42.8 Å². The topological polar surface area (TPSA) is 43.8 Å². The Labute approximate surface area is 174 Å². The van der Waals surface area contributed by atoms with Crippen LogP contribution in [0, 0.1) is 5.92 Å². The van der Waals surface area contributed by atoms with Crippen LogP contribution >= 0.6 is 12.4 Å². The molecule has 0 radical (unpaired) electrons. The van der Waals surface area contributed by atoms with Crippen LogP contribution in [0.1, 0.15) is 32.1 Å². The van der Waals surface area contributed by atoms with Gasteiger partial charge in [0.25, 0.3) is 0 Å². The SMILES string of the molecule is Cl.O=C(O)[C@@H]1CCCN(CCCCCN(c2ccccc2)c2ccccc2)C1. The van der Waals surface area contributed by atoms with Crippen LogP contribution in [0.3, 0.4) is 0 Å². The highest BCUT2D eigenvalue weighted by molar-refractivity contribution is 5.85. The highest BCUT2D eigenvalue weighted by atomic mass is 35.5. The second-order valence-electron chi connectivity index (χ2n) is 7.36. The summed E-state index contributed by atoms with van der Waals surface area (Å²) in [6.07, 6.45) is 5.25. The van der Waals surface area contributed by atoms with Crippen molar-refractivity contribution in [2.45, 2.75) is 32.1 Å². The van der Waals surface area contributed by atoms with E-state index in [-0.39, 0.29) is 18.3 Å². The number of piperidine rings is 1. The molecule has 28 heavy (non-hydrogen) atoms. The number of carboxylic acid groups (broad SMARTS) is 1. The summed E-state index contributed by atoms with van der Waals surface area (Å²) >= 11 is 0. The summed E-state index contributed by atoms with van der Waals surface area (Å²) in [6, 6.07) is 21.1. The maximum absolute atomic E-state index is 11.2. The Balaban J connectivity index is 0.00000280. The summed E-state index contributed by atoms with van der Waals surface area (Å²) < 4.78 is 0. The van der Waals surface area contributed by atoms with Crippen molar-refractivity contribution in [3.63, 3.8) is 0 Å². The number of halogens is 1. The third kappa shape index (κ3) is 6.54. The van der Waals surface area contributed by atoms with Crippen LogP contribution in [0.2, 0.25) is 0 Å². The molecule has 4 nitrogen and oxygen atoms in total. The minimum atomic E-state index is -0.638. The number of anilines is 2. The Kier molecular flexibility index (Phi) is 9.32. The third-order valence-corrected chi connectivity index (χ3v) is 5.35. The molecule has 0 aliphatic carbocycles. The zero-order chi connectivity index (χ0) is 18.9. The van der Waals surface area contributed by atoms with Crippen molar-refractivity contribution in [2.75, 3.05) is 31.1 Å². The lowest BCUT2D eigenvalue weighted by Crippen LogP contribution is -2.39. The first-order chi connectivity index (χ1) is 13.2. The van der Waals surface area contributed by atoms with Crippen LogP contribution in [-0.4, -0.2) is 42.2 Å². The number of likely N-dealkylation sites (tertiary alicyclic amines) is 1. The third-order valence-electron chi connectivity index (χ3n) is 5.35. The van der Waals surface area contributed by atoms with E-state index in [1.54, 1.807) is 0 Å². The largest absolute Gasteiger partial charge is 0.481 e. The van der Waals surface area contributed by atoms with E-state index < -0.39 is 5.97 Å². The standard InChI is InChI=1S/C23H30N2O2.ClH/c26-23(27)20-11-10-17-24(19-20)16-8-3-9-18-25(21-12-4-1-5-13-21)22-14-6-2-7-15-22;/h1-2,4-7,12-15,20H,3,8-11,16-19H2,(H,26,27);1H/t20-;/m1./s1. The summed E-state index contributed by atoms with van der Waals surface area (Å²) in [7, 11) is 0. The Bertz CT molecular complexity index is 657. The lowest BCUT2D eigenvalue weighted by atomic mass is 9.98. The molecule has 0 amide bonds. The van der Waals surface area contributed by atoms with Gasteiger partial charge in [-0.25, -0.2) is 0 Å². The van der Waals surface area contributed by atoms with Crippen molar-refractivity contribution < 1.29 is 9.90 Å². The molecular weight excluding hydrogens is 372 g/mol. The van der Waals surface area contributed by atoms with Gasteiger partial charge in [-0.3, -0.25) is 4.79 Å². The number of hydrogen-bond donors (Lipinski definition) is 1. The normalized spacial score (nSPS) is 16.9. The number of unbranched alkanes of at least 4 members (excludes halogenated alkanes) is 2. The number of hydrogen-bond acceptors (Lipinski definition) is 3. The van der Waals surface area contributed by atoms with Crippen LogP contribution in [0.25, 0.3) is 0 Å². The summed E-state index contributed by atoms with van der Waals surface area (Å²) in [5.74, 6) is -0.813. The van der Waals surface area contributed by atoms with E-state index in [1.165, 1.54) is 11.4 Å². The van der Waals surface area contributed by atoms with E-state index in [0.717, 1.165) is 58.3 Å². The first-order valence-electron chi connectivity index (χ1n) is 10.1. The molecule has 1 aliphatic heterocycles. The maximum Gasteiger partial charge on any atom is 0.307 e. The fourth-order valence-electron chi connectivity index (χ4n) is 3.87. The molecule has 1 N–H and O–H groups in total. The molecular formula is C23H31ClN2O2. The van der Waals surface area contributed by atoms with Crippen LogP contribution in [-0.2, 0) is 4.79 Å². The van der Waals surface area contributed by atoms with Gasteiger partial charge in [-0.05, 0) is 63.0 Å². The van der Waals surface area contributed by atoms with E-state index >= 15 is 0 Å². The first kappa shape index (κ1) is 22.3. The molecule has 152 valence electrons. The van der Waals surface area contributed by atoms with Crippen LogP contribution in [0.15, 0.2) is 60.7 Å². The highest BCUT2D eigenvalue weighted by Gasteiger charge is 2.24. The van der Waals surface area contributed by atoms with Crippen molar-refractivity contribution >= 4 is 29.8 Å². The van der Waals surface area contributed by atoms with Crippen LogP contribution < -0.4 is 4.90 Å². The zero-order valence-corrected chi connectivity index (χ0v) is 17.2. The fourth-order valence-corrected chi connectivity index (χ4v) is 3.87. The lowest BCUT2D eigenvalue weighted by Gasteiger charge is -2.30. The average molecular weight is 403 g/mol. The van der Waals surface area contributed by atoms with Crippen molar-refractivity contribution in [3.05, 3.63) is 60.7 Å². The Morgan fingerprint density at radius 2 is 1.57 bits per heavy atom. The molecule has 2 aromatic rings. The lowest BCUT2D eigenvalue weighted by molar-refractivity contribution is -0.143. The molecule has 3 rings (SSSR count). The van der Waals surface area contributed by atoms with E-state index in [0.29, 0.717) is 0 Å². The summed E-state index contributed by atoms with van der Waals surface area (Å²) in [5.41, 5.74) is 2.45. The van der Waals surface area contributed by atoms with Gasteiger partial charge in [0.15, 0.2) is 0 Å². The second kappa shape index (κ2) is 11.7. The number of para-hydroxylation sites is 2. The summed E-state index contributed by atoms with van der Waals surface area (Å²) in [5, 5.41) is 9.21. The molecule has 1 aliphatic rings. The Morgan fingerprint density at radius 1 is 0.964 bits per heavy atom.